The molecule has 3 unspecified atom stereocenters. The van der Waals surface area contributed by atoms with Crippen molar-refractivity contribution in [2.75, 3.05) is 6.61 Å². The largest absolute Gasteiger partial charge is 0.428 e. The van der Waals surface area contributed by atoms with Gasteiger partial charge >= 0.3 is 5.97 Å². The molecule has 0 aromatic heterocycles. The quantitative estimate of drug-likeness (QED) is 0.576. The van der Waals surface area contributed by atoms with Crippen LogP contribution in [0, 0.1) is 16.7 Å². The van der Waals surface area contributed by atoms with Gasteiger partial charge in [-0.3, -0.25) is 4.79 Å². The lowest BCUT2D eigenvalue weighted by Gasteiger charge is -2.29. The van der Waals surface area contributed by atoms with Gasteiger partial charge in [0.2, 0.25) is 5.79 Å². The van der Waals surface area contributed by atoms with Crippen molar-refractivity contribution in [2.24, 2.45) is 16.7 Å². The summed E-state index contributed by atoms with van der Waals surface area (Å²) in [6, 6.07) is 10.0. The van der Waals surface area contributed by atoms with Gasteiger partial charge in [-0.25, -0.2) is 0 Å². The Morgan fingerprint density at radius 1 is 1.24 bits per heavy atom. The van der Waals surface area contributed by atoms with Crippen LogP contribution >= 0.6 is 0 Å². The van der Waals surface area contributed by atoms with Crippen molar-refractivity contribution in [2.45, 2.75) is 46.8 Å². The van der Waals surface area contributed by atoms with Crippen LogP contribution in [0.1, 0.15) is 40.2 Å². The zero-order valence-corrected chi connectivity index (χ0v) is 15.8. The van der Waals surface area contributed by atoms with E-state index in [1.807, 2.05) is 49.4 Å². The molecule has 0 N–H and O–H groups in total. The minimum absolute atomic E-state index is 0.113. The SMILES string of the molecule is CC(C)=CC1C(C)(C)C1(C)C(=O)OC1(Cc2ccccc2)C=CCO1. The zero-order chi connectivity index (χ0) is 18.3. The molecule has 25 heavy (non-hydrogen) atoms. The normalized spacial score (nSPS) is 32.3. The van der Waals surface area contributed by atoms with Crippen molar-refractivity contribution in [3.63, 3.8) is 0 Å². The molecule has 2 aliphatic rings. The Balaban J connectivity index is 1.81. The average molecular weight is 340 g/mol. The molecule has 0 saturated heterocycles. The van der Waals surface area contributed by atoms with Crippen molar-refractivity contribution in [3.05, 3.63) is 59.7 Å². The van der Waals surface area contributed by atoms with Gasteiger partial charge in [-0.05, 0) is 43.7 Å². The molecule has 1 aliphatic carbocycles. The fourth-order valence-corrected chi connectivity index (χ4v) is 3.94. The summed E-state index contributed by atoms with van der Waals surface area (Å²) in [5.74, 6) is -0.977. The Morgan fingerprint density at radius 2 is 1.92 bits per heavy atom. The van der Waals surface area contributed by atoms with E-state index in [9.17, 15) is 4.79 Å². The maximum Gasteiger partial charge on any atom is 0.315 e. The molecule has 1 heterocycles. The molecule has 0 bridgehead atoms. The lowest BCUT2D eigenvalue weighted by molar-refractivity contribution is -0.206. The predicted molar refractivity (Wildman–Crippen MR) is 98.9 cm³/mol. The number of ether oxygens (including phenoxy) is 2. The Hall–Kier alpha value is -1.87. The van der Waals surface area contributed by atoms with Crippen LogP contribution in [-0.4, -0.2) is 18.4 Å². The molecule has 0 spiro atoms. The lowest BCUT2D eigenvalue weighted by atomic mass is 9.98. The first kappa shape index (κ1) is 17.9. The number of esters is 1. The summed E-state index contributed by atoms with van der Waals surface area (Å²) in [4.78, 5) is 13.1. The molecular formula is C22H28O3. The number of hydrogen-bond acceptors (Lipinski definition) is 3. The summed E-state index contributed by atoms with van der Waals surface area (Å²) in [5, 5.41) is 0. The topological polar surface area (TPSA) is 35.5 Å². The molecular weight excluding hydrogens is 312 g/mol. The van der Waals surface area contributed by atoms with Gasteiger partial charge < -0.3 is 9.47 Å². The maximum absolute atomic E-state index is 13.1. The molecule has 134 valence electrons. The first-order chi connectivity index (χ1) is 11.7. The van der Waals surface area contributed by atoms with Gasteiger partial charge in [-0.15, -0.1) is 0 Å². The predicted octanol–water partition coefficient (Wildman–Crippen LogP) is 4.68. The van der Waals surface area contributed by atoms with Gasteiger partial charge in [-0.1, -0.05) is 61.9 Å². The Morgan fingerprint density at radius 3 is 2.48 bits per heavy atom. The lowest BCUT2D eigenvalue weighted by Crippen LogP contribution is -2.39. The van der Waals surface area contributed by atoms with Crippen molar-refractivity contribution >= 4 is 5.97 Å². The molecule has 3 nitrogen and oxygen atoms in total. The summed E-state index contributed by atoms with van der Waals surface area (Å²) in [6.07, 6.45) is 6.52. The minimum Gasteiger partial charge on any atom is -0.428 e. The van der Waals surface area contributed by atoms with Crippen LogP contribution in [0.3, 0.4) is 0 Å². The van der Waals surface area contributed by atoms with Crippen LogP contribution in [0.5, 0.6) is 0 Å². The van der Waals surface area contributed by atoms with Crippen molar-refractivity contribution < 1.29 is 14.3 Å². The van der Waals surface area contributed by atoms with E-state index < -0.39 is 11.2 Å². The number of benzene rings is 1. The number of hydrogen-bond donors (Lipinski definition) is 0. The Kier molecular flexibility index (Phi) is 4.40. The molecule has 3 rings (SSSR count). The van der Waals surface area contributed by atoms with E-state index >= 15 is 0 Å². The third-order valence-electron chi connectivity index (χ3n) is 5.93. The van der Waals surface area contributed by atoms with Crippen molar-refractivity contribution in [3.8, 4) is 0 Å². The summed E-state index contributed by atoms with van der Waals surface area (Å²) in [5.41, 5.74) is 1.68. The van der Waals surface area contributed by atoms with Gasteiger partial charge in [0.15, 0.2) is 0 Å². The van der Waals surface area contributed by atoms with E-state index in [1.165, 1.54) is 5.57 Å². The second-order valence-corrected chi connectivity index (χ2v) is 8.22. The highest BCUT2D eigenvalue weighted by molar-refractivity contribution is 5.83. The highest BCUT2D eigenvalue weighted by Gasteiger charge is 2.72. The van der Waals surface area contributed by atoms with E-state index in [2.05, 4.69) is 33.8 Å². The average Bonchev–Trinajstić information content (AvgIpc) is 2.89. The first-order valence-electron chi connectivity index (χ1n) is 8.95. The summed E-state index contributed by atoms with van der Waals surface area (Å²) >= 11 is 0. The van der Waals surface area contributed by atoms with Gasteiger partial charge in [0.05, 0.1) is 12.0 Å². The maximum atomic E-state index is 13.1. The monoisotopic (exact) mass is 340 g/mol. The van der Waals surface area contributed by atoms with Crippen LogP contribution < -0.4 is 0 Å². The molecule has 0 amide bonds. The molecule has 1 aromatic carbocycles. The van der Waals surface area contributed by atoms with Gasteiger partial charge in [0.1, 0.15) is 0 Å². The fraction of sp³-hybridized carbons (Fsp3) is 0.500. The van der Waals surface area contributed by atoms with Crippen LogP contribution in [-0.2, 0) is 20.7 Å². The Labute approximate surface area is 150 Å². The van der Waals surface area contributed by atoms with Crippen molar-refractivity contribution in [1.29, 1.82) is 0 Å². The summed E-state index contributed by atoms with van der Waals surface area (Å²) < 4.78 is 11.9. The van der Waals surface area contributed by atoms with Gasteiger partial charge in [0, 0.05) is 6.42 Å². The molecule has 3 atom stereocenters. The first-order valence-corrected chi connectivity index (χ1v) is 8.95. The van der Waals surface area contributed by atoms with Gasteiger partial charge in [-0.2, -0.15) is 0 Å². The van der Waals surface area contributed by atoms with E-state index in [0.717, 1.165) is 5.56 Å². The fourth-order valence-electron chi connectivity index (χ4n) is 3.94. The second-order valence-electron chi connectivity index (χ2n) is 8.22. The number of rotatable bonds is 5. The summed E-state index contributed by atoms with van der Waals surface area (Å²) in [7, 11) is 0. The van der Waals surface area contributed by atoms with E-state index in [0.29, 0.717) is 13.0 Å². The number of carbonyl (C=O) groups is 1. The molecule has 0 radical (unpaired) electrons. The standard InChI is InChI=1S/C22H28O3/c1-16(2)14-18-20(3,4)21(18,5)19(23)25-22(12-9-13-24-22)15-17-10-7-6-8-11-17/h6-12,14,18H,13,15H2,1-5H3. The zero-order valence-electron chi connectivity index (χ0n) is 15.8. The highest BCUT2D eigenvalue weighted by atomic mass is 16.7. The molecule has 1 fully saturated rings. The molecule has 3 heteroatoms. The van der Waals surface area contributed by atoms with Crippen LogP contribution in [0.25, 0.3) is 0 Å². The summed E-state index contributed by atoms with van der Waals surface area (Å²) in [6.45, 7) is 10.9. The third-order valence-corrected chi connectivity index (χ3v) is 5.93. The van der Waals surface area contributed by atoms with E-state index in [1.54, 1.807) is 0 Å². The Bertz CT molecular complexity index is 712. The molecule has 1 saturated carbocycles. The minimum atomic E-state index is -0.990. The van der Waals surface area contributed by atoms with E-state index in [-0.39, 0.29) is 17.3 Å². The molecule has 1 aliphatic heterocycles. The van der Waals surface area contributed by atoms with Crippen LogP contribution in [0.2, 0.25) is 0 Å². The third kappa shape index (κ3) is 3.06. The second kappa shape index (κ2) is 6.14. The van der Waals surface area contributed by atoms with Crippen LogP contribution in [0.15, 0.2) is 54.1 Å². The smallest absolute Gasteiger partial charge is 0.315 e. The highest BCUT2D eigenvalue weighted by Crippen LogP contribution is 2.70. The van der Waals surface area contributed by atoms with Crippen molar-refractivity contribution in [1.82, 2.24) is 0 Å². The number of carbonyl (C=O) groups excluding carboxylic acids is 1. The van der Waals surface area contributed by atoms with Crippen LogP contribution in [0.4, 0.5) is 0 Å². The van der Waals surface area contributed by atoms with E-state index in [4.69, 9.17) is 9.47 Å². The van der Waals surface area contributed by atoms with Gasteiger partial charge in [0.25, 0.3) is 0 Å². The number of allylic oxidation sites excluding steroid dienone is 2. The molecule has 1 aromatic rings.